The second kappa shape index (κ2) is 17.3. The van der Waals surface area contributed by atoms with Gasteiger partial charge in [0.1, 0.15) is 11.5 Å². The van der Waals surface area contributed by atoms with Crippen molar-refractivity contribution in [3.05, 3.63) is 161 Å². The Balaban J connectivity index is 0.000000300. The van der Waals surface area contributed by atoms with Crippen LogP contribution in [-0.2, 0) is 21.7 Å². The van der Waals surface area contributed by atoms with Crippen LogP contribution in [0.3, 0.4) is 0 Å². The molecule has 38 heavy (non-hydrogen) atoms. The molecule has 0 aromatic heterocycles. The predicted molar refractivity (Wildman–Crippen MR) is 152 cm³/mol. The van der Waals surface area contributed by atoms with Crippen LogP contribution in [0.5, 0.6) is 11.5 Å². The molecule has 0 amide bonds. The molecule has 0 aliphatic heterocycles. The number of hydrogen-bond acceptors (Lipinski definition) is 2. The van der Waals surface area contributed by atoms with Gasteiger partial charge in [0.15, 0.2) is 0 Å². The molecule has 3 aromatic rings. The zero-order chi connectivity index (χ0) is 25.8. The topological polar surface area (TPSA) is 88.1 Å². The van der Waals surface area contributed by atoms with Gasteiger partial charge in [-0.15, -0.1) is 0 Å². The third-order valence-electron chi connectivity index (χ3n) is 5.47. The van der Waals surface area contributed by atoms with E-state index < -0.39 is 0 Å². The van der Waals surface area contributed by atoms with Crippen LogP contribution in [0.15, 0.2) is 133 Å². The fraction of sp³-hybridized carbons (Fsp3) is 0.0938. The van der Waals surface area contributed by atoms with E-state index >= 15 is 0 Å². The molecular weight excluding hydrogens is 528 g/mol. The molecule has 5 rings (SSSR count). The van der Waals surface area contributed by atoms with E-state index in [1.807, 2.05) is 97.2 Å². The summed E-state index contributed by atoms with van der Waals surface area (Å²) in [5.74, 6) is 0.500. The molecule has 3 aromatic carbocycles. The first-order valence-electron chi connectivity index (χ1n) is 11.7. The number of allylic oxidation sites excluding steroid dienone is 4. The number of nitrogens with one attached hydrogen (secondary N) is 2. The predicted octanol–water partition coefficient (Wildman–Crippen LogP) is 5.36. The van der Waals surface area contributed by atoms with Crippen molar-refractivity contribution in [3.63, 3.8) is 0 Å². The van der Waals surface area contributed by atoms with E-state index in [4.69, 9.17) is 11.5 Å². The summed E-state index contributed by atoms with van der Waals surface area (Å²) < 4.78 is 0. The first-order chi connectivity index (χ1) is 17.4. The minimum absolute atomic E-state index is 0. The van der Waals surface area contributed by atoms with Gasteiger partial charge < -0.3 is 34.1 Å². The SMILES string of the molecule is C[c-]1cccc1.[Cl-].[NH-]C1C=CC=CC1=Cc1ccccc1O.[NH-]C1C=CC=CC1=Cc1ccccc1O.[Ti+4]. The second-order valence-electron chi connectivity index (χ2n) is 8.31. The van der Waals surface area contributed by atoms with Gasteiger partial charge in [-0.3, -0.25) is 0 Å². The monoisotopic (exact) mass is 558 g/mol. The minimum Gasteiger partial charge on any atom is -1.00 e. The summed E-state index contributed by atoms with van der Waals surface area (Å²) in [6.45, 7) is 2.08. The first-order valence-corrected chi connectivity index (χ1v) is 11.7. The maximum atomic E-state index is 9.58. The number of rotatable bonds is 2. The number of para-hydroxylation sites is 2. The first kappa shape index (κ1) is 32.8. The molecule has 4 nitrogen and oxygen atoms in total. The molecule has 192 valence electrons. The summed E-state index contributed by atoms with van der Waals surface area (Å²) in [6.07, 6.45) is 18.6. The second-order valence-corrected chi connectivity index (χ2v) is 8.31. The smallest absolute Gasteiger partial charge is 1.00 e. The Hall–Kier alpha value is -3.25. The van der Waals surface area contributed by atoms with Crippen LogP contribution in [-0.4, -0.2) is 22.3 Å². The van der Waals surface area contributed by atoms with Crippen molar-refractivity contribution in [2.75, 3.05) is 0 Å². The molecule has 0 heterocycles. The van der Waals surface area contributed by atoms with Crippen molar-refractivity contribution in [1.29, 1.82) is 0 Å². The van der Waals surface area contributed by atoms with Crippen LogP contribution < -0.4 is 12.4 Å². The Labute approximate surface area is 246 Å². The summed E-state index contributed by atoms with van der Waals surface area (Å²) in [6, 6.07) is 21.8. The molecule has 0 saturated heterocycles. The molecular formula is C32H31ClN2O2Ti. The third-order valence-corrected chi connectivity index (χ3v) is 5.47. The Bertz CT molecular complexity index is 1220. The Morgan fingerprint density at radius 2 is 1.05 bits per heavy atom. The number of aromatic hydroxyl groups is 2. The zero-order valence-electron chi connectivity index (χ0n) is 21.1. The summed E-state index contributed by atoms with van der Waals surface area (Å²) >= 11 is 0. The average Bonchev–Trinajstić information content (AvgIpc) is 3.36. The molecule has 0 bridgehead atoms. The van der Waals surface area contributed by atoms with Crippen LogP contribution in [0.1, 0.15) is 16.7 Å². The quantitative estimate of drug-likeness (QED) is 0.328. The summed E-state index contributed by atoms with van der Waals surface area (Å²) in [7, 11) is 0. The van der Waals surface area contributed by atoms with E-state index in [0.29, 0.717) is 0 Å². The fourth-order valence-electron chi connectivity index (χ4n) is 3.44. The number of aryl methyl sites for hydroxylation is 1. The Morgan fingerprint density at radius 1 is 0.658 bits per heavy atom. The summed E-state index contributed by atoms with van der Waals surface area (Å²) in [5.41, 5.74) is 20.1. The molecule has 2 unspecified atom stereocenters. The van der Waals surface area contributed by atoms with Gasteiger partial charge in [0, 0.05) is 11.1 Å². The van der Waals surface area contributed by atoms with Crippen molar-refractivity contribution in [1.82, 2.24) is 0 Å². The number of halogens is 1. The van der Waals surface area contributed by atoms with Crippen molar-refractivity contribution in [2.24, 2.45) is 0 Å². The maximum Gasteiger partial charge on any atom is 4.00 e. The molecule has 0 saturated carbocycles. The van der Waals surface area contributed by atoms with E-state index in [1.165, 1.54) is 5.56 Å². The van der Waals surface area contributed by atoms with Gasteiger partial charge in [0.2, 0.25) is 0 Å². The van der Waals surface area contributed by atoms with Crippen LogP contribution >= 0.6 is 0 Å². The number of benzene rings is 2. The van der Waals surface area contributed by atoms with E-state index in [-0.39, 0.29) is 57.7 Å². The average molecular weight is 559 g/mol. The maximum absolute atomic E-state index is 9.58. The van der Waals surface area contributed by atoms with Gasteiger partial charge in [0.05, 0.1) is 0 Å². The molecule has 0 spiro atoms. The van der Waals surface area contributed by atoms with Crippen LogP contribution in [0.25, 0.3) is 23.6 Å². The molecule has 2 aliphatic carbocycles. The summed E-state index contributed by atoms with van der Waals surface area (Å²) in [5, 5.41) is 19.2. The van der Waals surface area contributed by atoms with Crippen molar-refractivity contribution in [2.45, 2.75) is 19.0 Å². The van der Waals surface area contributed by atoms with Crippen molar-refractivity contribution >= 4 is 12.2 Å². The van der Waals surface area contributed by atoms with Gasteiger partial charge >= 0.3 is 21.7 Å². The van der Waals surface area contributed by atoms with Crippen LogP contribution in [0.2, 0.25) is 0 Å². The molecule has 6 heteroatoms. The van der Waals surface area contributed by atoms with Gasteiger partial charge in [-0.2, -0.15) is 17.7 Å². The normalized spacial score (nSPS) is 18.9. The van der Waals surface area contributed by atoms with E-state index in [2.05, 4.69) is 19.1 Å². The van der Waals surface area contributed by atoms with E-state index in [0.717, 1.165) is 22.3 Å². The molecule has 0 fully saturated rings. The van der Waals surface area contributed by atoms with Gasteiger partial charge in [0.25, 0.3) is 0 Å². The Morgan fingerprint density at radius 3 is 1.37 bits per heavy atom. The molecule has 2 atom stereocenters. The fourth-order valence-corrected chi connectivity index (χ4v) is 3.44. The number of phenolic OH excluding ortho intramolecular Hbond substituents is 2. The zero-order valence-corrected chi connectivity index (χ0v) is 23.4. The van der Waals surface area contributed by atoms with E-state index in [1.54, 1.807) is 24.3 Å². The summed E-state index contributed by atoms with van der Waals surface area (Å²) in [4.78, 5) is 0. The van der Waals surface area contributed by atoms with E-state index in [9.17, 15) is 10.2 Å². The van der Waals surface area contributed by atoms with Gasteiger partial charge in [-0.1, -0.05) is 115 Å². The number of phenols is 2. The molecule has 2 aliphatic rings. The standard InChI is InChI=1S/2C13H12NO.C6H7.ClH.Ti/c2*14-12-7-3-1-5-10(12)9-11-6-2-4-8-13(11)15;1-6-4-2-3-5-6;;/h2*1-9,12,14-15H;2-5H,1H3;1H;/q3*-1;;+4/p-1. The number of hydrogen-bond donors (Lipinski definition) is 2. The van der Waals surface area contributed by atoms with Crippen LogP contribution in [0.4, 0.5) is 0 Å². The van der Waals surface area contributed by atoms with Crippen molar-refractivity contribution < 1.29 is 44.3 Å². The largest absolute Gasteiger partial charge is 4.00 e. The molecule has 0 radical (unpaired) electrons. The molecule has 4 N–H and O–H groups in total. The van der Waals surface area contributed by atoms with Gasteiger partial charge in [-0.25, -0.2) is 12.1 Å². The van der Waals surface area contributed by atoms with Crippen LogP contribution in [0, 0.1) is 6.92 Å². The minimum atomic E-state index is -0.338. The Kier molecular flexibility index (Phi) is 14.9. The van der Waals surface area contributed by atoms with Crippen molar-refractivity contribution in [3.8, 4) is 11.5 Å². The van der Waals surface area contributed by atoms with Gasteiger partial charge in [-0.05, 0) is 24.3 Å². The third kappa shape index (κ3) is 10.6.